The highest BCUT2D eigenvalue weighted by atomic mass is 16.1. The number of carbonyl (C=O) groups excluding carboxylic acids is 1. The van der Waals surface area contributed by atoms with Crippen molar-refractivity contribution >= 4 is 5.91 Å². The molecule has 0 atom stereocenters. The monoisotopic (exact) mass is 264 g/mol. The summed E-state index contributed by atoms with van der Waals surface area (Å²) in [5, 5.41) is 2.89. The van der Waals surface area contributed by atoms with E-state index in [-0.39, 0.29) is 17.4 Å². The van der Waals surface area contributed by atoms with Gasteiger partial charge in [0.2, 0.25) is 0 Å². The van der Waals surface area contributed by atoms with E-state index in [2.05, 4.69) is 15.3 Å². The van der Waals surface area contributed by atoms with Crippen LogP contribution in [0.25, 0.3) is 0 Å². The number of nitrogens with two attached hydrogens (primary N) is 1. The van der Waals surface area contributed by atoms with Crippen molar-refractivity contribution in [3.63, 3.8) is 0 Å². The lowest BCUT2D eigenvalue weighted by molar-refractivity contribution is 0.0940. The minimum atomic E-state index is -0.344. The van der Waals surface area contributed by atoms with Crippen LogP contribution in [-0.4, -0.2) is 28.0 Å². The predicted octanol–water partition coefficient (Wildman–Crippen LogP) is 1.85. The van der Waals surface area contributed by atoms with Gasteiger partial charge in [0.05, 0.1) is 11.3 Å². The maximum absolute atomic E-state index is 12.2. The Labute approximate surface area is 115 Å². The summed E-state index contributed by atoms with van der Waals surface area (Å²) in [5.41, 5.74) is 7.13. The molecular weight excluding hydrogens is 240 g/mol. The van der Waals surface area contributed by atoms with Gasteiger partial charge in [0.15, 0.2) is 0 Å². The van der Waals surface area contributed by atoms with E-state index in [1.54, 1.807) is 6.20 Å². The van der Waals surface area contributed by atoms with Crippen LogP contribution in [0.15, 0.2) is 12.5 Å². The number of nitrogens with one attached hydrogen (secondary N) is 1. The van der Waals surface area contributed by atoms with E-state index in [9.17, 15) is 4.79 Å². The smallest absolute Gasteiger partial charge is 0.254 e. The van der Waals surface area contributed by atoms with E-state index in [0.29, 0.717) is 12.1 Å². The van der Waals surface area contributed by atoms with Crippen molar-refractivity contribution in [2.75, 3.05) is 6.54 Å². The van der Waals surface area contributed by atoms with Crippen molar-refractivity contribution in [1.29, 1.82) is 0 Å². The number of carbonyl (C=O) groups is 1. The molecular formula is C14H24N4O. The van der Waals surface area contributed by atoms with E-state index in [0.717, 1.165) is 18.5 Å². The normalized spacial score (nSPS) is 11.7. The third-order valence-electron chi connectivity index (χ3n) is 3.54. The van der Waals surface area contributed by atoms with Crippen LogP contribution in [0.1, 0.15) is 62.5 Å². The van der Waals surface area contributed by atoms with Crippen LogP contribution in [-0.2, 0) is 0 Å². The predicted molar refractivity (Wildman–Crippen MR) is 76.0 cm³/mol. The van der Waals surface area contributed by atoms with Gasteiger partial charge < -0.3 is 11.1 Å². The minimum absolute atomic E-state index is 0.152. The molecule has 0 fully saturated rings. The van der Waals surface area contributed by atoms with Gasteiger partial charge in [-0.05, 0) is 18.8 Å². The second kappa shape index (κ2) is 6.61. The molecule has 0 bridgehead atoms. The van der Waals surface area contributed by atoms with E-state index in [1.165, 1.54) is 6.33 Å². The molecule has 1 aromatic rings. The van der Waals surface area contributed by atoms with Gasteiger partial charge >= 0.3 is 0 Å². The summed E-state index contributed by atoms with van der Waals surface area (Å²) >= 11 is 0. The SMILES string of the molecule is CCC(N)(CC)CNC(=O)c1cncnc1C(C)C. The molecule has 0 saturated carbocycles. The Bertz CT molecular complexity index is 427. The lowest BCUT2D eigenvalue weighted by Crippen LogP contribution is -2.49. The summed E-state index contributed by atoms with van der Waals surface area (Å²) in [6.45, 7) is 8.53. The van der Waals surface area contributed by atoms with Gasteiger partial charge in [0.1, 0.15) is 6.33 Å². The highest BCUT2D eigenvalue weighted by Crippen LogP contribution is 2.16. The number of amides is 1. The summed E-state index contributed by atoms with van der Waals surface area (Å²) in [7, 11) is 0. The van der Waals surface area contributed by atoms with Gasteiger partial charge in [-0.15, -0.1) is 0 Å². The van der Waals surface area contributed by atoms with Crippen LogP contribution in [0.3, 0.4) is 0 Å². The molecule has 1 heterocycles. The molecule has 0 aliphatic heterocycles. The van der Waals surface area contributed by atoms with Crippen LogP contribution < -0.4 is 11.1 Å². The van der Waals surface area contributed by atoms with Crippen LogP contribution in [0.2, 0.25) is 0 Å². The maximum atomic E-state index is 12.2. The zero-order valence-electron chi connectivity index (χ0n) is 12.2. The van der Waals surface area contributed by atoms with Gasteiger partial charge in [-0.3, -0.25) is 4.79 Å². The zero-order chi connectivity index (χ0) is 14.5. The van der Waals surface area contributed by atoms with Crippen molar-refractivity contribution < 1.29 is 4.79 Å². The lowest BCUT2D eigenvalue weighted by Gasteiger charge is -2.27. The first-order valence-electron chi connectivity index (χ1n) is 6.80. The summed E-state index contributed by atoms with van der Waals surface area (Å²) in [4.78, 5) is 20.3. The molecule has 0 radical (unpaired) electrons. The second-order valence-electron chi connectivity index (χ2n) is 5.23. The Balaban J connectivity index is 2.79. The molecule has 106 valence electrons. The summed E-state index contributed by atoms with van der Waals surface area (Å²) in [6.07, 6.45) is 4.68. The molecule has 1 aromatic heterocycles. The van der Waals surface area contributed by atoms with Crippen LogP contribution in [0.4, 0.5) is 0 Å². The Morgan fingerprint density at radius 3 is 2.58 bits per heavy atom. The van der Waals surface area contributed by atoms with Crippen LogP contribution >= 0.6 is 0 Å². The molecule has 0 spiro atoms. The van der Waals surface area contributed by atoms with Gasteiger partial charge in [-0.1, -0.05) is 27.7 Å². The fourth-order valence-corrected chi connectivity index (χ4v) is 1.83. The van der Waals surface area contributed by atoms with Crippen LogP contribution in [0.5, 0.6) is 0 Å². The van der Waals surface area contributed by atoms with Crippen molar-refractivity contribution in [3.05, 3.63) is 23.8 Å². The standard InChI is InChI=1S/C14H24N4O/c1-5-14(15,6-2)8-17-13(19)11-7-16-9-18-12(11)10(3)4/h7,9-10H,5-6,8,15H2,1-4H3,(H,17,19). The molecule has 0 unspecified atom stereocenters. The van der Waals surface area contributed by atoms with E-state index in [4.69, 9.17) is 5.73 Å². The molecule has 1 rings (SSSR count). The van der Waals surface area contributed by atoms with Crippen LogP contribution in [0, 0.1) is 0 Å². The first-order valence-corrected chi connectivity index (χ1v) is 6.80. The van der Waals surface area contributed by atoms with Crippen molar-refractivity contribution in [2.24, 2.45) is 5.73 Å². The van der Waals surface area contributed by atoms with Crippen molar-refractivity contribution in [1.82, 2.24) is 15.3 Å². The van der Waals surface area contributed by atoms with Gasteiger partial charge in [0, 0.05) is 18.3 Å². The Hall–Kier alpha value is -1.49. The summed E-state index contributed by atoms with van der Waals surface area (Å²) < 4.78 is 0. The highest BCUT2D eigenvalue weighted by Gasteiger charge is 2.22. The lowest BCUT2D eigenvalue weighted by atomic mass is 9.94. The molecule has 1 amide bonds. The van der Waals surface area contributed by atoms with E-state index < -0.39 is 0 Å². The van der Waals surface area contributed by atoms with Gasteiger partial charge in [-0.2, -0.15) is 0 Å². The number of rotatable bonds is 6. The fraction of sp³-hybridized carbons (Fsp3) is 0.643. The van der Waals surface area contributed by atoms with E-state index >= 15 is 0 Å². The Morgan fingerprint density at radius 2 is 2.05 bits per heavy atom. The molecule has 0 aromatic carbocycles. The number of nitrogens with zero attached hydrogens (tertiary/aromatic N) is 2. The Morgan fingerprint density at radius 1 is 1.42 bits per heavy atom. The number of hydrogen-bond acceptors (Lipinski definition) is 4. The maximum Gasteiger partial charge on any atom is 0.254 e. The highest BCUT2D eigenvalue weighted by molar-refractivity contribution is 5.95. The second-order valence-corrected chi connectivity index (χ2v) is 5.23. The molecule has 0 aliphatic rings. The first kappa shape index (κ1) is 15.6. The molecule has 19 heavy (non-hydrogen) atoms. The average molecular weight is 264 g/mol. The van der Waals surface area contributed by atoms with Gasteiger partial charge in [0.25, 0.3) is 5.91 Å². The van der Waals surface area contributed by atoms with Crippen molar-refractivity contribution in [3.8, 4) is 0 Å². The molecule has 3 N–H and O–H groups in total. The third kappa shape index (κ3) is 3.99. The molecule has 0 aliphatic carbocycles. The van der Waals surface area contributed by atoms with Crippen molar-refractivity contribution in [2.45, 2.75) is 52.0 Å². The third-order valence-corrected chi connectivity index (χ3v) is 3.54. The molecule has 0 saturated heterocycles. The Kier molecular flexibility index (Phi) is 5.42. The van der Waals surface area contributed by atoms with E-state index in [1.807, 2.05) is 27.7 Å². The minimum Gasteiger partial charge on any atom is -0.350 e. The number of hydrogen-bond donors (Lipinski definition) is 2. The summed E-state index contributed by atoms with van der Waals surface area (Å²) in [6, 6.07) is 0. The van der Waals surface area contributed by atoms with Gasteiger partial charge in [-0.25, -0.2) is 9.97 Å². The topological polar surface area (TPSA) is 80.9 Å². The summed E-state index contributed by atoms with van der Waals surface area (Å²) in [5.74, 6) is 0.0322. The molecule has 5 heteroatoms. The first-order chi connectivity index (χ1) is 8.93. The fourth-order valence-electron chi connectivity index (χ4n) is 1.83. The molecule has 5 nitrogen and oxygen atoms in total. The zero-order valence-corrected chi connectivity index (χ0v) is 12.2. The average Bonchev–Trinajstić information content (AvgIpc) is 2.44. The largest absolute Gasteiger partial charge is 0.350 e. The number of aromatic nitrogens is 2. The quantitative estimate of drug-likeness (QED) is 0.821.